The van der Waals surface area contributed by atoms with Gasteiger partial charge in [-0.25, -0.2) is 9.59 Å². The number of carbonyl (C=O) groups excluding carboxylic acids is 4. The molecule has 0 saturated heterocycles. The van der Waals surface area contributed by atoms with Crippen molar-refractivity contribution in [3.63, 3.8) is 0 Å². The summed E-state index contributed by atoms with van der Waals surface area (Å²) in [6.07, 6.45) is -0.166. The number of esters is 1. The summed E-state index contributed by atoms with van der Waals surface area (Å²) in [5.74, 6) is -1.46. The van der Waals surface area contributed by atoms with Crippen molar-refractivity contribution < 1.29 is 28.7 Å². The largest absolute Gasteiger partial charge is 0.458 e. The number of benzene rings is 2. The second kappa shape index (κ2) is 15.7. The summed E-state index contributed by atoms with van der Waals surface area (Å²) in [7, 11) is 0. The summed E-state index contributed by atoms with van der Waals surface area (Å²) >= 11 is 0. The standard InChI is InChI=1S/C35H51N3O6/c1-11-38(31(40)27(21-23(2)3)37-33(42)44-35(8,9)10)29(26-20-16-15-17-24(26)4)30(39)36-28(32(41)43-34(5,6)7)22-25-18-13-12-14-19-25/h12-20,23,27-29H,11,21-22H2,1-10H3,(H,36,39)(H,37,42). The third kappa shape index (κ3) is 11.7. The molecule has 9 nitrogen and oxygen atoms in total. The van der Waals surface area contributed by atoms with Gasteiger partial charge in [0.25, 0.3) is 0 Å². The van der Waals surface area contributed by atoms with E-state index in [0.29, 0.717) is 12.0 Å². The van der Waals surface area contributed by atoms with Gasteiger partial charge in [-0.1, -0.05) is 68.4 Å². The first-order valence-corrected chi connectivity index (χ1v) is 15.3. The molecule has 0 bridgehead atoms. The first-order valence-electron chi connectivity index (χ1n) is 15.3. The van der Waals surface area contributed by atoms with Crippen LogP contribution in [-0.4, -0.2) is 58.6 Å². The highest BCUT2D eigenvalue weighted by molar-refractivity contribution is 5.94. The fourth-order valence-electron chi connectivity index (χ4n) is 4.82. The van der Waals surface area contributed by atoms with E-state index in [9.17, 15) is 19.2 Å². The van der Waals surface area contributed by atoms with Crippen molar-refractivity contribution in [1.29, 1.82) is 0 Å². The number of hydrogen-bond donors (Lipinski definition) is 2. The zero-order valence-electron chi connectivity index (χ0n) is 28.0. The Hall–Kier alpha value is -3.88. The highest BCUT2D eigenvalue weighted by Gasteiger charge is 2.38. The van der Waals surface area contributed by atoms with E-state index in [2.05, 4.69) is 10.6 Å². The molecule has 242 valence electrons. The number of amides is 3. The van der Waals surface area contributed by atoms with Gasteiger partial charge in [-0.3, -0.25) is 9.59 Å². The second-order valence-electron chi connectivity index (χ2n) is 13.5. The first-order chi connectivity index (χ1) is 20.4. The first kappa shape index (κ1) is 36.3. The molecule has 3 unspecified atom stereocenters. The van der Waals surface area contributed by atoms with Crippen LogP contribution in [0.2, 0.25) is 0 Å². The van der Waals surface area contributed by atoms with Crippen molar-refractivity contribution in [2.24, 2.45) is 5.92 Å². The highest BCUT2D eigenvalue weighted by atomic mass is 16.6. The van der Waals surface area contributed by atoms with Crippen LogP contribution in [0.5, 0.6) is 0 Å². The Morgan fingerprint density at radius 2 is 1.36 bits per heavy atom. The van der Waals surface area contributed by atoms with Crippen molar-refractivity contribution in [1.82, 2.24) is 15.5 Å². The van der Waals surface area contributed by atoms with Gasteiger partial charge in [0.05, 0.1) is 0 Å². The summed E-state index contributed by atoms with van der Waals surface area (Å²) in [5, 5.41) is 5.65. The van der Waals surface area contributed by atoms with Gasteiger partial charge in [0.1, 0.15) is 29.3 Å². The monoisotopic (exact) mass is 609 g/mol. The Bertz CT molecular complexity index is 1260. The third-order valence-corrected chi connectivity index (χ3v) is 6.65. The predicted octanol–water partition coefficient (Wildman–Crippen LogP) is 5.89. The number of rotatable bonds is 12. The molecular weight excluding hydrogens is 558 g/mol. The summed E-state index contributed by atoms with van der Waals surface area (Å²) in [5.41, 5.74) is 0.742. The lowest BCUT2D eigenvalue weighted by atomic mass is 9.96. The van der Waals surface area contributed by atoms with Crippen LogP contribution in [0.25, 0.3) is 0 Å². The van der Waals surface area contributed by atoms with E-state index in [-0.39, 0.29) is 18.9 Å². The molecule has 0 aliphatic carbocycles. The fraction of sp³-hybridized carbons (Fsp3) is 0.543. The molecule has 0 heterocycles. The molecule has 2 aromatic rings. The topological polar surface area (TPSA) is 114 Å². The van der Waals surface area contributed by atoms with Crippen LogP contribution in [0.1, 0.15) is 91.5 Å². The van der Waals surface area contributed by atoms with Crippen LogP contribution >= 0.6 is 0 Å². The van der Waals surface area contributed by atoms with Crippen LogP contribution in [-0.2, 0) is 30.3 Å². The maximum atomic E-state index is 14.3. The van der Waals surface area contributed by atoms with Crippen molar-refractivity contribution >= 4 is 23.9 Å². The summed E-state index contributed by atoms with van der Waals surface area (Å²) in [4.78, 5) is 56.1. The molecule has 0 aliphatic rings. The van der Waals surface area contributed by atoms with Gasteiger partial charge in [0, 0.05) is 13.0 Å². The highest BCUT2D eigenvalue weighted by Crippen LogP contribution is 2.27. The molecule has 3 amide bonds. The van der Waals surface area contributed by atoms with Crippen LogP contribution in [0, 0.1) is 12.8 Å². The van der Waals surface area contributed by atoms with Gasteiger partial charge in [-0.2, -0.15) is 0 Å². The van der Waals surface area contributed by atoms with Crippen LogP contribution in [0.15, 0.2) is 54.6 Å². The zero-order chi connectivity index (χ0) is 33.2. The van der Waals surface area contributed by atoms with Crippen molar-refractivity contribution in [3.8, 4) is 0 Å². The Balaban J connectivity index is 2.54. The number of alkyl carbamates (subject to hydrolysis) is 1. The lowest BCUT2D eigenvalue weighted by Gasteiger charge is -2.35. The molecule has 0 saturated carbocycles. The lowest BCUT2D eigenvalue weighted by molar-refractivity contribution is -0.159. The number of aryl methyl sites for hydroxylation is 1. The van der Waals surface area contributed by atoms with Gasteiger partial charge < -0.3 is 25.0 Å². The Kier molecular flexibility index (Phi) is 13.0. The number of ether oxygens (including phenoxy) is 2. The number of hydrogen-bond acceptors (Lipinski definition) is 6. The molecule has 0 fully saturated rings. The second-order valence-corrected chi connectivity index (χ2v) is 13.5. The van der Waals surface area contributed by atoms with Crippen molar-refractivity contribution in [2.75, 3.05) is 6.54 Å². The van der Waals surface area contributed by atoms with Crippen molar-refractivity contribution in [2.45, 2.75) is 111 Å². The van der Waals surface area contributed by atoms with Gasteiger partial charge in [0.15, 0.2) is 0 Å². The number of likely N-dealkylation sites (N-methyl/N-ethyl adjacent to an activating group) is 1. The van der Waals surface area contributed by atoms with Crippen molar-refractivity contribution in [3.05, 3.63) is 71.3 Å². The van der Waals surface area contributed by atoms with E-state index in [1.807, 2.05) is 63.2 Å². The SMILES string of the molecule is CCN(C(=O)C(CC(C)C)NC(=O)OC(C)(C)C)C(C(=O)NC(Cc1ccccc1)C(=O)OC(C)(C)C)c1ccccc1C. The smallest absolute Gasteiger partial charge is 0.408 e. The third-order valence-electron chi connectivity index (χ3n) is 6.65. The summed E-state index contributed by atoms with van der Waals surface area (Å²) < 4.78 is 11.1. The maximum absolute atomic E-state index is 14.3. The Morgan fingerprint density at radius 1 is 0.795 bits per heavy atom. The molecule has 3 atom stereocenters. The average Bonchev–Trinajstić information content (AvgIpc) is 2.89. The molecule has 0 aliphatic heterocycles. The van der Waals surface area contributed by atoms with Crippen LogP contribution in [0.4, 0.5) is 4.79 Å². The molecule has 44 heavy (non-hydrogen) atoms. The fourth-order valence-corrected chi connectivity index (χ4v) is 4.82. The average molecular weight is 610 g/mol. The van der Waals surface area contributed by atoms with Gasteiger partial charge in [0.2, 0.25) is 11.8 Å². The van der Waals surface area contributed by atoms with E-state index in [1.54, 1.807) is 60.6 Å². The molecule has 0 aromatic heterocycles. The zero-order valence-corrected chi connectivity index (χ0v) is 28.0. The van der Waals surface area contributed by atoms with Gasteiger partial charge in [-0.15, -0.1) is 0 Å². The summed E-state index contributed by atoms with van der Waals surface area (Å²) in [6, 6.07) is 13.7. The van der Waals surface area contributed by atoms with E-state index < -0.39 is 53.2 Å². The van der Waals surface area contributed by atoms with Gasteiger partial charge >= 0.3 is 12.1 Å². The summed E-state index contributed by atoms with van der Waals surface area (Å²) in [6.45, 7) is 18.3. The Labute approximate surface area is 263 Å². The molecule has 0 spiro atoms. The maximum Gasteiger partial charge on any atom is 0.408 e. The van der Waals surface area contributed by atoms with E-state index in [4.69, 9.17) is 9.47 Å². The number of carbonyl (C=O) groups is 4. The predicted molar refractivity (Wildman–Crippen MR) is 172 cm³/mol. The Morgan fingerprint density at radius 3 is 1.89 bits per heavy atom. The minimum Gasteiger partial charge on any atom is -0.458 e. The van der Waals surface area contributed by atoms with Gasteiger partial charge in [-0.05, 0) is 84.4 Å². The minimum absolute atomic E-state index is 0.0609. The molecule has 2 N–H and O–H groups in total. The molecule has 0 radical (unpaired) electrons. The van der Waals surface area contributed by atoms with E-state index in [0.717, 1.165) is 11.1 Å². The van der Waals surface area contributed by atoms with E-state index >= 15 is 0 Å². The lowest BCUT2D eigenvalue weighted by Crippen LogP contribution is -2.55. The quantitative estimate of drug-likeness (QED) is 0.290. The molecule has 2 rings (SSSR count). The van der Waals surface area contributed by atoms with E-state index in [1.165, 1.54) is 4.90 Å². The molecular formula is C35H51N3O6. The number of nitrogens with one attached hydrogen (secondary N) is 2. The molecule has 9 heteroatoms. The molecule has 2 aromatic carbocycles. The number of nitrogens with zero attached hydrogens (tertiary/aromatic N) is 1. The minimum atomic E-state index is -1.08. The van der Waals surface area contributed by atoms with Crippen LogP contribution < -0.4 is 10.6 Å². The van der Waals surface area contributed by atoms with Crippen LogP contribution in [0.3, 0.4) is 0 Å². The normalized spacial score (nSPS) is 13.8.